The molecule has 0 amide bonds. The van der Waals surface area contributed by atoms with E-state index in [0.717, 1.165) is 18.6 Å². The molecule has 4 heteroatoms. The van der Waals surface area contributed by atoms with Gasteiger partial charge in [0, 0.05) is 12.0 Å². The van der Waals surface area contributed by atoms with Crippen LogP contribution in [0.25, 0.3) is 0 Å². The number of hydrogen-bond donors (Lipinski definition) is 1. The second-order valence-electron chi connectivity index (χ2n) is 4.47. The Bertz CT molecular complexity index is 340. The molecule has 2 N–H and O–H groups in total. The summed E-state index contributed by atoms with van der Waals surface area (Å²) >= 11 is 0. The highest BCUT2D eigenvalue weighted by Crippen LogP contribution is 2.27. The lowest BCUT2D eigenvalue weighted by Gasteiger charge is -2.30. The number of aromatic nitrogens is 1. The normalized spacial score (nSPS) is 24.4. The van der Waals surface area contributed by atoms with Gasteiger partial charge in [-0.05, 0) is 31.9 Å². The molecule has 0 aliphatic heterocycles. The molecule has 1 aliphatic rings. The van der Waals surface area contributed by atoms with Crippen LogP contribution in [-0.4, -0.2) is 24.7 Å². The predicted octanol–water partition coefficient (Wildman–Crippen LogP) is 1.99. The van der Waals surface area contributed by atoms with Gasteiger partial charge in [0.05, 0.1) is 13.3 Å². The van der Waals surface area contributed by atoms with Gasteiger partial charge in [-0.2, -0.15) is 0 Å². The maximum atomic E-state index is 5.91. The Morgan fingerprint density at radius 3 is 2.82 bits per heavy atom. The van der Waals surface area contributed by atoms with Crippen LogP contribution in [0.1, 0.15) is 25.7 Å². The predicted molar refractivity (Wildman–Crippen MR) is 66.2 cm³/mol. The van der Waals surface area contributed by atoms with Gasteiger partial charge < -0.3 is 15.2 Å². The Hall–Kier alpha value is -1.29. The maximum absolute atomic E-state index is 5.91. The monoisotopic (exact) mass is 236 g/mol. The molecule has 2 unspecified atom stereocenters. The van der Waals surface area contributed by atoms with Crippen LogP contribution in [0.4, 0.5) is 0 Å². The van der Waals surface area contributed by atoms with Crippen LogP contribution >= 0.6 is 0 Å². The summed E-state index contributed by atoms with van der Waals surface area (Å²) in [4.78, 5) is 4.22. The maximum Gasteiger partial charge on any atom is 0.213 e. The van der Waals surface area contributed by atoms with Gasteiger partial charge in [0.1, 0.15) is 11.9 Å². The number of methoxy groups -OCH3 is 1. The molecule has 94 valence electrons. The summed E-state index contributed by atoms with van der Waals surface area (Å²) in [6.07, 6.45) is 6.62. The Kier molecular flexibility index (Phi) is 4.20. The van der Waals surface area contributed by atoms with E-state index in [1.807, 2.05) is 12.1 Å². The van der Waals surface area contributed by atoms with Gasteiger partial charge in [0.25, 0.3) is 0 Å². The zero-order chi connectivity index (χ0) is 12.1. The van der Waals surface area contributed by atoms with E-state index in [-0.39, 0.29) is 6.10 Å². The first kappa shape index (κ1) is 12.2. The minimum Gasteiger partial charge on any atom is -0.495 e. The van der Waals surface area contributed by atoms with Crippen molar-refractivity contribution < 1.29 is 9.47 Å². The number of nitrogens with two attached hydrogens (primary N) is 1. The van der Waals surface area contributed by atoms with E-state index in [0.29, 0.717) is 18.3 Å². The third-order valence-corrected chi connectivity index (χ3v) is 3.36. The molecule has 2 rings (SSSR count). The Morgan fingerprint density at radius 1 is 1.35 bits per heavy atom. The first-order valence-corrected chi connectivity index (χ1v) is 6.20. The summed E-state index contributed by atoms with van der Waals surface area (Å²) in [6, 6.07) is 3.71. The molecule has 1 saturated carbocycles. The quantitative estimate of drug-likeness (QED) is 0.868. The number of rotatable bonds is 4. The van der Waals surface area contributed by atoms with Crippen LogP contribution in [0.5, 0.6) is 11.6 Å². The molecule has 0 bridgehead atoms. The lowest BCUT2D eigenvalue weighted by Crippen LogP contribution is -2.35. The summed E-state index contributed by atoms with van der Waals surface area (Å²) in [5.41, 5.74) is 5.77. The second-order valence-corrected chi connectivity index (χ2v) is 4.47. The van der Waals surface area contributed by atoms with Crippen molar-refractivity contribution in [3.05, 3.63) is 18.3 Å². The van der Waals surface area contributed by atoms with Crippen molar-refractivity contribution in [2.45, 2.75) is 31.8 Å². The minimum absolute atomic E-state index is 0.217. The van der Waals surface area contributed by atoms with Crippen molar-refractivity contribution in [2.24, 2.45) is 11.7 Å². The highest BCUT2D eigenvalue weighted by molar-refractivity contribution is 5.22. The van der Waals surface area contributed by atoms with Gasteiger partial charge in [-0.15, -0.1) is 0 Å². The van der Waals surface area contributed by atoms with Crippen molar-refractivity contribution in [3.63, 3.8) is 0 Å². The highest BCUT2D eigenvalue weighted by Gasteiger charge is 2.25. The van der Waals surface area contributed by atoms with E-state index >= 15 is 0 Å². The molecule has 4 nitrogen and oxygen atoms in total. The average Bonchev–Trinajstić information content (AvgIpc) is 2.40. The van der Waals surface area contributed by atoms with E-state index in [1.165, 1.54) is 12.8 Å². The third kappa shape index (κ3) is 3.09. The van der Waals surface area contributed by atoms with E-state index in [4.69, 9.17) is 15.2 Å². The molecule has 1 aliphatic carbocycles. The van der Waals surface area contributed by atoms with Crippen LogP contribution in [-0.2, 0) is 0 Å². The molecule has 1 aromatic heterocycles. The topological polar surface area (TPSA) is 57.4 Å². The zero-order valence-electron chi connectivity index (χ0n) is 10.3. The fraction of sp³-hybridized carbons (Fsp3) is 0.615. The van der Waals surface area contributed by atoms with Crippen LogP contribution in [0.3, 0.4) is 0 Å². The van der Waals surface area contributed by atoms with Gasteiger partial charge >= 0.3 is 0 Å². The molecule has 2 atom stereocenters. The molecule has 0 saturated heterocycles. The number of hydrogen-bond acceptors (Lipinski definition) is 4. The molecule has 0 spiro atoms. The van der Waals surface area contributed by atoms with Crippen molar-refractivity contribution in [1.29, 1.82) is 0 Å². The van der Waals surface area contributed by atoms with Crippen molar-refractivity contribution >= 4 is 0 Å². The first-order valence-electron chi connectivity index (χ1n) is 6.20. The van der Waals surface area contributed by atoms with Gasteiger partial charge in [-0.1, -0.05) is 6.42 Å². The lowest BCUT2D eigenvalue weighted by molar-refractivity contribution is 0.0922. The fourth-order valence-electron chi connectivity index (χ4n) is 2.31. The zero-order valence-corrected chi connectivity index (χ0v) is 10.3. The Morgan fingerprint density at radius 2 is 2.18 bits per heavy atom. The first-order chi connectivity index (χ1) is 8.33. The molecular formula is C13H20N2O2. The van der Waals surface area contributed by atoms with Crippen molar-refractivity contribution in [3.8, 4) is 11.6 Å². The van der Waals surface area contributed by atoms with Crippen molar-refractivity contribution in [2.75, 3.05) is 13.7 Å². The summed E-state index contributed by atoms with van der Waals surface area (Å²) in [6.45, 7) is 0.695. The lowest BCUT2D eigenvalue weighted by atomic mass is 9.86. The summed E-state index contributed by atoms with van der Waals surface area (Å²) in [5.74, 6) is 1.88. The van der Waals surface area contributed by atoms with Crippen LogP contribution < -0.4 is 15.2 Å². The second kappa shape index (κ2) is 5.87. The SMILES string of the molecule is COc1ccc(OC2CCCCC2CN)nc1. The highest BCUT2D eigenvalue weighted by atomic mass is 16.5. The minimum atomic E-state index is 0.217. The molecule has 0 aromatic carbocycles. The van der Waals surface area contributed by atoms with Crippen LogP contribution in [0, 0.1) is 5.92 Å². The number of ether oxygens (including phenoxy) is 2. The Balaban J connectivity index is 1.98. The van der Waals surface area contributed by atoms with Crippen LogP contribution in [0.2, 0.25) is 0 Å². The van der Waals surface area contributed by atoms with Gasteiger partial charge in [-0.25, -0.2) is 4.98 Å². The fourth-order valence-corrected chi connectivity index (χ4v) is 2.31. The molecular weight excluding hydrogens is 216 g/mol. The van der Waals surface area contributed by atoms with Crippen LogP contribution in [0.15, 0.2) is 18.3 Å². The number of pyridine rings is 1. The molecule has 1 heterocycles. The summed E-state index contributed by atoms with van der Waals surface area (Å²) in [7, 11) is 1.63. The summed E-state index contributed by atoms with van der Waals surface area (Å²) < 4.78 is 11.0. The Labute approximate surface area is 102 Å². The molecule has 17 heavy (non-hydrogen) atoms. The van der Waals surface area contributed by atoms with E-state index in [2.05, 4.69) is 4.98 Å². The standard InChI is InChI=1S/C13H20N2O2/c1-16-11-6-7-13(15-9-11)17-12-5-3-2-4-10(12)8-14/h6-7,9-10,12H,2-5,8,14H2,1H3. The summed E-state index contributed by atoms with van der Waals surface area (Å²) in [5, 5.41) is 0. The molecule has 1 fully saturated rings. The average molecular weight is 236 g/mol. The van der Waals surface area contributed by atoms with Crippen molar-refractivity contribution in [1.82, 2.24) is 4.98 Å². The molecule has 0 radical (unpaired) electrons. The molecule has 1 aromatic rings. The van der Waals surface area contributed by atoms with E-state index in [9.17, 15) is 0 Å². The number of nitrogens with zero attached hydrogens (tertiary/aromatic N) is 1. The van der Waals surface area contributed by atoms with E-state index in [1.54, 1.807) is 13.3 Å². The van der Waals surface area contributed by atoms with E-state index < -0.39 is 0 Å². The van der Waals surface area contributed by atoms with Gasteiger partial charge in [0.15, 0.2) is 0 Å². The smallest absolute Gasteiger partial charge is 0.213 e. The van der Waals surface area contributed by atoms with Gasteiger partial charge in [-0.3, -0.25) is 0 Å². The van der Waals surface area contributed by atoms with Gasteiger partial charge in [0.2, 0.25) is 5.88 Å². The third-order valence-electron chi connectivity index (χ3n) is 3.36. The largest absolute Gasteiger partial charge is 0.495 e.